The SMILES string of the molecule is CCC(CC)(CC(=O)O)NC(=O)c1cc2ccccc2o1. The summed E-state index contributed by atoms with van der Waals surface area (Å²) < 4.78 is 5.51. The molecule has 0 saturated carbocycles. The molecule has 0 spiro atoms. The lowest BCUT2D eigenvalue weighted by Gasteiger charge is -2.30. The number of aliphatic carboxylic acids is 1. The number of rotatable bonds is 6. The van der Waals surface area contributed by atoms with Crippen molar-refractivity contribution >= 4 is 22.8 Å². The highest BCUT2D eigenvalue weighted by molar-refractivity contribution is 5.96. The molecule has 5 nitrogen and oxygen atoms in total. The molecule has 1 aromatic carbocycles. The van der Waals surface area contributed by atoms with Gasteiger partial charge in [0.25, 0.3) is 5.91 Å². The van der Waals surface area contributed by atoms with E-state index in [0.717, 1.165) is 5.39 Å². The molecule has 0 radical (unpaired) electrons. The van der Waals surface area contributed by atoms with Crippen LogP contribution in [0.5, 0.6) is 0 Å². The van der Waals surface area contributed by atoms with Crippen molar-refractivity contribution in [3.8, 4) is 0 Å². The Morgan fingerprint density at radius 1 is 1.24 bits per heavy atom. The number of nitrogens with one attached hydrogen (secondary N) is 1. The second kappa shape index (κ2) is 5.99. The monoisotopic (exact) mass is 289 g/mol. The summed E-state index contributed by atoms with van der Waals surface area (Å²) in [4.78, 5) is 23.3. The number of amides is 1. The molecule has 112 valence electrons. The van der Waals surface area contributed by atoms with Gasteiger partial charge in [-0.15, -0.1) is 0 Å². The second-order valence-corrected chi connectivity index (χ2v) is 5.16. The molecule has 0 fully saturated rings. The summed E-state index contributed by atoms with van der Waals surface area (Å²) >= 11 is 0. The van der Waals surface area contributed by atoms with E-state index >= 15 is 0 Å². The number of para-hydroxylation sites is 1. The lowest BCUT2D eigenvalue weighted by atomic mass is 9.89. The van der Waals surface area contributed by atoms with Crippen molar-refractivity contribution in [3.05, 3.63) is 36.1 Å². The van der Waals surface area contributed by atoms with Crippen LogP contribution >= 0.6 is 0 Å². The van der Waals surface area contributed by atoms with Gasteiger partial charge >= 0.3 is 5.97 Å². The van der Waals surface area contributed by atoms with Crippen molar-refractivity contribution < 1.29 is 19.1 Å². The molecule has 0 atom stereocenters. The lowest BCUT2D eigenvalue weighted by molar-refractivity contribution is -0.138. The Morgan fingerprint density at radius 2 is 1.90 bits per heavy atom. The van der Waals surface area contributed by atoms with Gasteiger partial charge in [0.15, 0.2) is 5.76 Å². The zero-order valence-corrected chi connectivity index (χ0v) is 12.2. The van der Waals surface area contributed by atoms with Crippen LogP contribution in [0.1, 0.15) is 43.7 Å². The molecular weight excluding hydrogens is 270 g/mol. The van der Waals surface area contributed by atoms with Gasteiger partial charge in [-0.3, -0.25) is 9.59 Å². The highest BCUT2D eigenvalue weighted by Crippen LogP contribution is 2.23. The summed E-state index contributed by atoms with van der Waals surface area (Å²) in [6, 6.07) is 9.02. The average molecular weight is 289 g/mol. The molecule has 0 saturated heterocycles. The minimum atomic E-state index is -0.927. The van der Waals surface area contributed by atoms with Gasteiger partial charge < -0.3 is 14.8 Å². The molecule has 0 bridgehead atoms. The second-order valence-electron chi connectivity index (χ2n) is 5.16. The molecule has 2 aromatic rings. The molecular formula is C16H19NO4. The molecule has 0 aliphatic heterocycles. The highest BCUT2D eigenvalue weighted by atomic mass is 16.4. The number of hydrogen-bond donors (Lipinski definition) is 2. The molecule has 1 heterocycles. The van der Waals surface area contributed by atoms with Crippen LogP contribution in [0, 0.1) is 0 Å². The first-order chi connectivity index (χ1) is 9.99. The summed E-state index contributed by atoms with van der Waals surface area (Å²) in [5, 5.41) is 12.7. The largest absolute Gasteiger partial charge is 0.481 e. The number of furan rings is 1. The van der Waals surface area contributed by atoms with Crippen molar-refractivity contribution in [1.29, 1.82) is 0 Å². The van der Waals surface area contributed by atoms with E-state index in [1.165, 1.54) is 0 Å². The number of benzene rings is 1. The molecule has 0 unspecified atom stereocenters. The van der Waals surface area contributed by atoms with E-state index in [4.69, 9.17) is 9.52 Å². The number of carboxylic acid groups (broad SMARTS) is 1. The fourth-order valence-corrected chi connectivity index (χ4v) is 2.41. The van der Waals surface area contributed by atoms with E-state index < -0.39 is 11.5 Å². The predicted octanol–water partition coefficient (Wildman–Crippen LogP) is 3.20. The number of fused-ring (bicyclic) bond motifs is 1. The first-order valence-corrected chi connectivity index (χ1v) is 7.02. The Balaban J connectivity index is 2.24. The smallest absolute Gasteiger partial charge is 0.305 e. The van der Waals surface area contributed by atoms with E-state index in [1.54, 1.807) is 12.1 Å². The van der Waals surface area contributed by atoms with Crippen LogP contribution in [0.3, 0.4) is 0 Å². The average Bonchev–Trinajstić information content (AvgIpc) is 2.90. The van der Waals surface area contributed by atoms with Gasteiger partial charge in [-0.25, -0.2) is 0 Å². The molecule has 2 N–H and O–H groups in total. The van der Waals surface area contributed by atoms with Gasteiger partial charge in [-0.2, -0.15) is 0 Å². The Kier molecular flexibility index (Phi) is 4.31. The van der Waals surface area contributed by atoms with E-state index in [2.05, 4.69) is 5.32 Å². The van der Waals surface area contributed by atoms with Crippen LogP contribution in [0.4, 0.5) is 0 Å². The first kappa shape index (κ1) is 15.1. The maximum atomic E-state index is 12.3. The first-order valence-electron chi connectivity index (χ1n) is 7.02. The normalized spacial score (nSPS) is 11.5. The summed E-state index contributed by atoms with van der Waals surface area (Å²) in [5.41, 5.74) is -0.110. The Bertz CT molecular complexity index is 622. The summed E-state index contributed by atoms with van der Waals surface area (Å²) in [6.07, 6.45) is 0.982. The third-order valence-corrected chi connectivity index (χ3v) is 3.87. The zero-order chi connectivity index (χ0) is 15.5. The fourth-order valence-electron chi connectivity index (χ4n) is 2.41. The number of carbonyl (C=O) groups is 2. The molecule has 2 rings (SSSR count). The van der Waals surface area contributed by atoms with Crippen molar-refractivity contribution in [2.24, 2.45) is 0 Å². The van der Waals surface area contributed by atoms with Crippen molar-refractivity contribution in [3.63, 3.8) is 0 Å². The maximum absolute atomic E-state index is 12.3. The molecule has 1 amide bonds. The van der Waals surface area contributed by atoms with Gasteiger partial charge in [0.2, 0.25) is 0 Å². The van der Waals surface area contributed by atoms with Crippen molar-refractivity contribution in [2.75, 3.05) is 0 Å². The van der Waals surface area contributed by atoms with E-state index in [0.29, 0.717) is 18.4 Å². The molecule has 5 heteroatoms. The highest BCUT2D eigenvalue weighted by Gasteiger charge is 2.32. The van der Waals surface area contributed by atoms with Crippen LogP contribution < -0.4 is 5.32 Å². The number of hydrogen-bond acceptors (Lipinski definition) is 3. The van der Waals surface area contributed by atoms with E-state index in [9.17, 15) is 9.59 Å². The Hall–Kier alpha value is -2.30. The molecule has 0 aliphatic carbocycles. The maximum Gasteiger partial charge on any atom is 0.305 e. The minimum Gasteiger partial charge on any atom is -0.481 e. The van der Waals surface area contributed by atoms with Gasteiger partial charge in [-0.05, 0) is 25.0 Å². The van der Waals surface area contributed by atoms with Gasteiger partial charge in [0.1, 0.15) is 5.58 Å². The van der Waals surface area contributed by atoms with Crippen LogP contribution in [0.25, 0.3) is 11.0 Å². The summed E-state index contributed by atoms with van der Waals surface area (Å²) in [7, 11) is 0. The number of carboxylic acids is 1. The van der Waals surface area contributed by atoms with Gasteiger partial charge in [0.05, 0.1) is 12.0 Å². The van der Waals surface area contributed by atoms with Gasteiger partial charge in [-0.1, -0.05) is 32.0 Å². The van der Waals surface area contributed by atoms with E-state index in [-0.39, 0.29) is 18.1 Å². The minimum absolute atomic E-state index is 0.105. The third kappa shape index (κ3) is 3.24. The van der Waals surface area contributed by atoms with Crippen LogP contribution in [-0.2, 0) is 4.79 Å². The standard InChI is InChI=1S/C16H19NO4/c1-3-16(4-2,10-14(18)19)17-15(20)13-9-11-7-5-6-8-12(11)21-13/h5-9H,3-4,10H2,1-2H3,(H,17,20)(H,18,19). The summed E-state index contributed by atoms with van der Waals surface area (Å²) in [6.45, 7) is 3.73. The van der Waals surface area contributed by atoms with Crippen LogP contribution in [-0.4, -0.2) is 22.5 Å². The van der Waals surface area contributed by atoms with Crippen LogP contribution in [0.15, 0.2) is 34.7 Å². The Labute approximate surface area is 122 Å². The van der Waals surface area contributed by atoms with Crippen molar-refractivity contribution in [1.82, 2.24) is 5.32 Å². The zero-order valence-electron chi connectivity index (χ0n) is 12.2. The fraction of sp³-hybridized carbons (Fsp3) is 0.375. The molecule has 0 aliphatic rings. The number of carbonyl (C=O) groups excluding carboxylic acids is 1. The molecule has 1 aromatic heterocycles. The lowest BCUT2D eigenvalue weighted by Crippen LogP contribution is -2.49. The van der Waals surface area contributed by atoms with Crippen molar-refractivity contribution in [2.45, 2.75) is 38.6 Å². The topological polar surface area (TPSA) is 79.5 Å². The van der Waals surface area contributed by atoms with E-state index in [1.807, 2.05) is 32.0 Å². The molecule has 21 heavy (non-hydrogen) atoms. The quantitative estimate of drug-likeness (QED) is 0.855. The Morgan fingerprint density at radius 3 is 2.48 bits per heavy atom. The third-order valence-electron chi connectivity index (χ3n) is 3.87. The predicted molar refractivity (Wildman–Crippen MR) is 79.2 cm³/mol. The van der Waals surface area contributed by atoms with Gasteiger partial charge in [0, 0.05) is 5.39 Å². The summed E-state index contributed by atoms with van der Waals surface area (Å²) in [5.74, 6) is -1.10. The van der Waals surface area contributed by atoms with Crippen LogP contribution in [0.2, 0.25) is 0 Å².